The highest BCUT2D eigenvalue weighted by atomic mass is 35.5. The number of nitrogens with zero attached hydrogens (tertiary/aromatic N) is 2. The number of anilines is 1. The largest absolute Gasteiger partial charge is 0.334 e. The number of amides is 3. The molecular formula is C19H17ClFN5O2. The summed E-state index contributed by atoms with van der Waals surface area (Å²) in [5.74, 6) is -0.813. The third-order valence-corrected chi connectivity index (χ3v) is 3.97. The van der Waals surface area contributed by atoms with Crippen molar-refractivity contribution in [2.75, 3.05) is 11.9 Å². The van der Waals surface area contributed by atoms with E-state index in [9.17, 15) is 14.0 Å². The average molecular weight is 402 g/mol. The van der Waals surface area contributed by atoms with Crippen molar-refractivity contribution in [1.29, 1.82) is 0 Å². The van der Waals surface area contributed by atoms with Crippen LogP contribution in [0.5, 0.6) is 0 Å². The molecule has 0 spiro atoms. The first-order chi connectivity index (χ1) is 13.5. The van der Waals surface area contributed by atoms with Crippen LogP contribution >= 0.6 is 11.6 Å². The maximum absolute atomic E-state index is 12.8. The molecule has 0 fully saturated rings. The van der Waals surface area contributed by atoms with E-state index < -0.39 is 17.8 Å². The number of nitrogens with one attached hydrogen (secondary N) is 3. The zero-order valence-corrected chi connectivity index (χ0v) is 15.4. The smallest absolute Gasteiger partial charge is 0.315 e. The predicted octanol–water partition coefficient (Wildman–Crippen LogP) is 3.10. The van der Waals surface area contributed by atoms with E-state index in [4.69, 9.17) is 11.6 Å². The summed E-state index contributed by atoms with van der Waals surface area (Å²) in [4.78, 5) is 23.6. The van der Waals surface area contributed by atoms with Crippen molar-refractivity contribution in [3.63, 3.8) is 0 Å². The number of rotatable bonds is 6. The highest BCUT2D eigenvalue weighted by Gasteiger charge is 2.07. The first-order valence-electron chi connectivity index (χ1n) is 8.36. The molecule has 28 heavy (non-hydrogen) atoms. The molecule has 0 aliphatic carbocycles. The van der Waals surface area contributed by atoms with Gasteiger partial charge in [0.05, 0.1) is 18.4 Å². The van der Waals surface area contributed by atoms with Crippen LogP contribution in [0.25, 0.3) is 5.69 Å². The monoisotopic (exact) mass is 401 g/mol. The van der Waals surface area contributed by atoms with Gasteiger partial charge in [0.15, 0.2) is 0 Å². The summed E-state index contributed by atoms with van der Waals surface area (Å²) in [6.07, 6.45) is 3.42. The minimum atomic E-state index is -0.492. The minimum Gasteiger partial charge on any atom is -0.334 e. The van der Waals surface area contributed by atoms with E-state index in [0.29, 0.717) is 10.7 Å². The SMILES string of the molecule is O=C(CNC(=O)NCc1cnn(-c2ccc(Cl)cc2)c1)Nc1ccc(F)cc1. The van der Waals surface area contributed by atoms with Gasteiger partial charge < -0.3 is 16.0 Å². The Labute approximate surface area is 165 Å². The highest BCUT2D eigenvalue weighted by molar-refractivity contribution is 6.30. The van der Waals surface area contributed by atoms with Crippen molar-refractivity contribution in [3.05, 3.63) is 77.3 Å². The fourth-order valence-electron chi connectivity index (χ4n) is 2.33. The molecule has 3 N–H and O–H groups in total. The molecule has 0 bridgehead atoms. The number of aromatic nitrogens is 2. The molecule has 0 aliphatic heterocycles. The lowest BCUT2D eigenvalue weighted by Crippen LogP contribution is -2.39. The Kier molecular flexibility index (Phi) is 6.23. The van der Waals surface area contributed by atoms with Gasteiger partial charge in [-0.3, -0.25) is 4.79 Å². The lowest BCUT2D eigenvalue weighted by atomic mass is 10.3. The lowest BCUT2D eigenvalue weighted by molar-refractivity contribution is -0.115. The quantitative estimate of drug-likeness (QED) is 0.593. The van der Waals surface area contributed by atoms with Crippen LogP contribution in [0.15, 0.2) is 60.9 Å². The second kappa shape index (κ2) is 9.01. The number of hydrogen-bond donors (Lipinski definition) is 3. The van der Waals surface area contributed by atoms with Crippen LogP contribution in [-0.2, 0) is 11.3 Å². The van der Waals surface area contributed by atoms with Gasteiger partial charge in [-0.15, -0.1) is 0 Å². The van der Waals surface area contributed by atoms with Crippen LogP contribution in [0, 0.1) is 5.82 Å². The molecule has 0 saturated carbocycles. The summed E-state index contributed by atoms with van der Waals surface area (Å²) in [7, 11) is 0. The van der Waals surface area contributed by atoms with Gasteiger partial charge in [-0.1, -0.05) is 11.6 Å². The molecule has 7 nitrogen and oxygen atoms in total. The van der Waals surface area contributed by atoms with Crippen LogP contribution in [0.4, 0.5) is 14.9 Å². The molecule has 2 aromatic carbocycles. The van der Waals surface area contributed by atoms with E-state index in [2.05, 4.69) is 21.0 Å². The van der Waals surface area contributed by atoms with Gasteiger partial charge in [0.25, 0.3) is 0 Å². The fourth-order valence-corrected chi connectivity index (χ4v) is 2.46. The molecule has 0 aliphatic rings. The van der Waals surface area contributed by atoms with Crippen LogP contribution < -0.4 is 16.0 Å². The predicted molar refractivity (Wildman–Crippen MR) is 104 cm³/mol. The Balaban J connectivity index is 1.42. The van der Waals surface area contributed by atoms with Gasteiger partial charge in [0.2, 0.25) is 5.91 Å². The lowest BCUT2D eigenvalue weighted by Gasteiger charge is -2.08. The molecule has 0 saturated heterocycles. The topological polar surface area (TPSA) is 88.1 Å². The molecule has 3 rings (SSSR count). The van der Waals surface area contributed by atoms with Crippen molar-refractivity contribution in [2.24, 2.45) is 0 Å². The van der Waals surface area contributed by atoms with E-state index in [0.717, 1.165) is 11.3 Å². The first kappa shape index (κ1) is 19.4. The van der Waals surface area contributed by atoms with E-state index in [1.54, 1.807) is 29.2 Å². The van der Waals surface area contributed by atoms with Gasteiger partial charge in [0, 0.05) is 29.0 Å². The Morgan fingerprint density at radius 3 is 2.46 bits per heavy atom. The van der Waals surface area contributed by atoms with Gasteiger partial charge in [-0.05, 0) is 48.5 Å². The second-order valence-electron chi connectivity index (χ2n) is 5.86. The summed E-state index contributed by atoms with van der Waals surface area (Å²) >= 11 is 5.86. The molecular weight excluding hydrogens is 385 g/mol. The third-order valence-electron chi connectivity index (χ3n) is 3.72. The van der Waals surface area contributed by atoms with Gasteiger partial charge >= 0.3 is 6.03 Å². The van der Waals surface area contributed by atoms with E-state index in [-0.39, 0.29) is 13.1 Å². The van der Waals surface area contributed by atoms with Gasteiger partial charge in [-0.25, -0.2) is 13.9 Å². The van der Waals surface area contributed by atoms with Gasteiger partial charge in [0.1, 0.15) is 5.82 Å². The number of benzene rings is 2. The van der Waals surface area contributed by atoms with Crippen LogP contribution in [0.2, 0.25) is 5.02 Å². The number of hydrogen-bond acceptors (Lipinski definition) is 3. The normalized spacial score (nSPS) is 10.4. The molecule has 144 valence electrons. The Morgan fingerprint density at radius 1 is 1.04 bits per heavy atom. The summed E-state index contributed by atoms with van der Waals surface area (Å²) in [5, 5.41) is 12.5. The molecule has 9 heteroatoms. The highest BCUT2D eigenvalue weighted by Crippen LogP contribution is 2.13. The molecule has 3 aromatic rings. The maximum Gasteiger partial charge on any atom is 0.315 e. The fraction of sp³-hybridized carbons (Fsp3) is 0.105. The summed E-state index contributed by atoms with van der Waals surface area (Å²) in [5.41, 5.74) is 2.08. The Morgan fingerprint density at radius 2 is 1.75 bits per heavy atom. The number of halogens is 2. The molecule has 0 radical (unpaired) electrons. The van der Waals surface area contributed by atoms with Crippen molar-refractivity contribution >= 4 is 29.2 Å². The van der Waals surface area contributed by atoms with Crippen LogP contribution in [0.1, 0.15) is 5.56 Å². The van der Waals surface area contributed by atoms with E-state index in [1.165, 1.54) is 24.3 Å². The summed E-state index contributed by atoms with van der Waals surface area (Å²) < 4.78 is 14.5. The van der Waals surface area contributed by atoms with Crippen molar-refractivity contribution in [2.45, 2.75) is 6.54 Å². The van der Waals surface area contributed by atoms with Crippen molar-refractivity contribution in [1.82, 2.24) is 20.4 Å². The zero-order chi connectivity index (χ0) is 19.9. The first-order valence-corrected chi connectivity index (χ1v) is 8.74. The number of urea groups is 1. The van der Waals surface area contributed by atoms with Crippen LogP contribution in [-0.4, -0.2) is 28.3 Å². The third kappa shape index (κ3) is 5.55. The standard InChI is InChI=1S/C19H17ClFN5O2/c20-14-1-7-17(8-2-14)26-12-13(10-24-26)9-22-19(28)23-11-18(27)25-16-5-3-15(21)4-6-16/h1-8,10,12H,9,11H2,(H,25,27)(H2,22,23,28). The summed E-state index contributed by atoms with van der Waals surface area (Å²) in [6.45, 7) is 0.0340. The number of carbonyl (C=O) groups excluding carboxylic acids is 2. The van der Waals surface area contributed by atoms with Crippen molar-refractivity contribution in [3.8, 4) is 5.69 Å². The molecule has 0 unspecified atom stereocenters. The molecule has 3 amide bonds. The maximum atomic E-state index is 12.8. The molecule has 1 aromatic heterocycles. The van der Waals surface area contributed by atoms with E-state index in [1.807, 2.05) is 12.1 Å². The number of carbonyl (C=O) groups is 2. The summed E-state index contributed by atoms with van der Waals surface area (Å²) in [6, 6.07) is 12.0. The van der Waals surface area contributed by atoms with Gasteiger partial charge in [-0.2, -0.15) is 5.10 Å². The molecule has 0 atom stereocenters. The zero-order valence-electron chi connectivity index (χ0n) is 14.7. The van der Waals surface area contributed by atoms with Crippen molar-refractivity contribution < 1.29 is 14.0 Å². The Bertz CT molecular complexity index is 957. The minimum absolute atomic E-state index is 0.215. The Hall–Kier alpha value is -3.39. The molecule has 1 heterocycles. The second-order valence-corrected chi connectivity index (χ2v) is 6.30. The van der Waals surface area contributed by atoms with Crippen LogP contribution in [0.3, 0.4) is 0 Å². The van der Waals surface area contributed by atoms with E-state index >= 15 is 0 Å². The average Bonchev–Trinajstić information content (AvgIpc) is 3.16.